The molecule has 0 amide bonds. The number of methoxy groups -OCH3 is 1. The molecule has 0 spiro atoms. The Bertz CT molecular complexity index is 358. The molecule has 0 bridgehead atoms. The maximum absolute atomic E-state index is 5.05. The zero-order valence-corrected chi connectivity index (χ0v) is 12.0. The number of piperidine rings is 1. The molecule has 0 aliphatic carbocycles. The SMILES string of the molecule is COCCNCC1CCCCN1c1nnc(C)s1. The molecule has 2 rings (SSSR count). The molecule has 1 aliphatic rings. The van der Waals surface area contributed by atoms with E-state index in [-0.39, 0.29) is 0 Å². The summed E-state index contributed by atoms with van der Waals surface area (Å²) in [7, 11) is 1.73. The third-order valence-corrected chi connectivity index (χ3v) is 4.13. The van der Waals surface area contributed by atoms with Crippen LogP contribution in [-0.4, -0.2) is 49.6 Å². The Morgan fingerprint density at radius 1 is 1.44 bits per heavy atom. The highest BCUT2D eigenvalue weighted by Crippen LogP contribution is 2.26. The first kappa shape index (κ1) is 13.7. The number of rotatable bonds is 6. The second-order valence-corrected chi connectivity index (χ2v) is 5.80. The number of ether oxygens (including phenoxy) is 1. The highest BCUT2D eigenvalue weighted by atomic mass is 32.1. The van der Waals surface area contributed by atoms with Gasteiger partial charge in [0.25, 0.3) is 0 Å². The van der Waals surface area contributed by atoms with Gasteiger partial charge in [-0.3, -0.25) is 0 Å². The van der Waals surface area contributed by atoms with Crippen molar-refractivity contribution in [2.75, 3.05) is 38.3 Å². The van der Waals surface area contributed by atoms with Gasteiger partial charge in [0.2, 0.25) is 5.13 Å². The molecule has 1 N–H and O–H groups in total. The standard InChI is InChI=1S/C12H22N4OS/c1-10-14-15-12(18-10)16-7-4-3-5-11(16)9-13-6-8-17-2/h11,13H,3-9H2,1-2H3. The molecule has 6 heteroatoms. The number of aryl methyl sites for hydroxylation is 1. The first-order valence-electron chi connectivity index (χ1n) is 6.57. The molecule has 1 atom stereocenters. The van der Waals surface area contributed by atoms with Crippen molar-refractivity contribution in [3.63, 3.8) is 0 Å². The van der Waals surface area contributed by atoms with Crippen LogP contribution in [0.25, 0.3) is 0 Å². The number of nitrogens with zero attached hydrogens (tertiary/aromatic N) is 3. The molecular weight excluding hydrogens is 248 g/mol. The molecule has 1 aliphatic heterocycles. The summed E-state index contributed by atoms with van der Waals surface area (Å²) in [5.74, 6) is 0. The van der Waals surface area contributed by atoms with Crippen LogP contribution in [0, 0.1) is 6.92 Å². The summed E-state index contributed by atoms with van der Waals surface area (Å²) >= 11 is 1.69. The minimum Gasteiger partial charge on any atom is -0.383 e. The minimum atomic E-state index is 0.544. The Labute approximate surface area is 113 Å². The summed E-state index contributed by atoms with van der Waals surface area (Å²) in [6.07, 6.45) is 3.80. The lowest BCUT2D eigenvalue weighted by Crippen LogP contribution is -2.46. The number of hydrogen-bond donors (Lipinski definition) is 1. The summed E-state index contributed by atoms with van der Waals surface area (Å²) in [6, 6.07) is 0.544. The van der Waals surface area contributed by atoms with Crippen LogP contribution in [0.2, 0.25) is 0 Å². The van der Waals surface area contributed by atoms with E-state index in [4.69, 9.17) is 4.74 Å². The highest BCUT2D eigenvalue weighted by molar-refractivity contribution is 7.15. The quantitative estimate of drug-likeness (QED) is 0.793. The number of aromatic nitrogens is 2. The molecule has 0 aromatic carbocycles. The van der Waals surface area contributed by atoms with E-state index in [1.807, 2.05) is 6.92 Å². The van der Waals surface area contributed by atoms with Gasteiger partial charge in [0.15, 0.2) is 0 Å². The Balaban J connectivity index is 1.89. The number of hydrogen-bond acceptors (Lipinski definition) is 6. The van der Waals surface area contributed by atoms with Crippen molar-refractivity contribution >= 4 is 16.5 Å². The largest absolute Gasteiger partial charge is 0.383 e. The van der Waals surface area contributed by atoms with Gasteiger partial charge in [0, 0.05) is 32.8 Å². The summed E-state index contributed by atoms with van der Waals surface area (Å²) in [6.45, 7) is 5.80. The van der Waals surface area contributed by atoms with E-state index in [0.29, 0.717) is 6.04 Å². The van der Waals surface area contributed by atoms with Crippen LogP contribution in [0.4, 0.5) is 5.13 Å². The van der Waals surface area contributed by atoms with Crippen molar-refractivity contribution in [1.29, 1.82) is 0 Å². The predicted molar refractivity (Wildman–Crippen MR) is 74.4 cm³/mol. The fraction of sp³-hybridized carbons (Fsp3) is 0.833. The molecule has 0 saturated carbocycles. The minimum absolute atomic E-state index is 0.544. The zero-order chi connectivity index (χ0) is 12.8. The van der Waals surface area contributed by atoms with E-state index in [0.717, 1.165) is 36.4 Å². The van der Waals surface area contributed by atoms with Crippen molar-refractivity contribution in [3.05, 3.63) is 5.01 Å². The summed E-state index contributed by atoms with van der Waals surface area (Å²) in [5.41, 5.74) is 0. The van der Waals surface area contributed by atoms with Crippen LogP contribution in [0.15, 0.2) is 0 Å². The smallest absolute Gasteiger partial charge is 0.208 e. The van der Waals surface area contributed by atoms with Crippen LogP contribution >= 0.6 is 11.3 Å². The fourth-order valence-electron chi connectivity index (χ4n) is 2.31. The van der Waals surface area contributed by atoms with Crippen LogP contribution in [0.3, 0.4) is 0 Å². The normalized spacial score (nSPS) is 20.3. The third-order valence-electron chi connectivity index (χ3n) is 3.25. The van der Waals surface area contributed by atoms with Crippen molar-refractivity contribution < 1.29 is 4.74 Å². The predicted octanol–water partition coefficient (Wildman–Crippen LogP) is 1.44. The Morgan fingerprint density at radius 2 is 2.33 bits per heavy atom. The summed E-state index contributed by atoms with van der Waals surface area (Å²) in [5, 5.41) is 14.0. The molecule has 5 nitrogen and oxygen atoms in total. The van der Waals surface area contributed by atoms with E-state index < -0.39 is 0 Å². The van der Waals surface area contributed by atoms with Crippen molar-refractivity contribution in [2.24, 2.45) is 0 Å². The second kappa shape index (κ2) is 7.01. The van der Waals surface area contributed by atoms with Gasteiger partial charge in [-0.25, -0.2) is 0 Å². The molecular formula is C12H22N4OS. The van der Waals surface area contributed by atoms with Gasteiger partial charge < -0.3 is 15.0 Å². The third kappa shape index (κ3) is 3.63. The van der Waals surface area contributed by atoms with E-state index in [1.54, 1.807) is 18.4 Å². The first-order valence-corrected chi connectivity index (χ1v) is 7.39. The van der Waals surface area contributed by atoms with Crippen LogP contribution in [-0.2, 0) is 4.74 Å². The van der Waals surface area contributed by atoms with Gasteiger partial charge in [-0.1, -0.05) is 11.3 Å². The van der Waals surface area contributed by atoms with Crippen molar-refractivity contribution in [2.45, 2.75) is 32.2 Å². The lowest BCUT2D eigenvalue weighted by atomic mass is 10.0. The Morgan fingerprint density at radius 3 is 3.06 bits per heavy atom. The van der Waals surface area contributed by atoms with E-state index in [2.05, 4.69) is 20.4 Å². The molecule has 1 aromatic heterocycles. The highest BCUT2D eigenvalue weighted by Gasteiger charge is 2.24. The average Bonchev–Trinajstić information content (AvgIpc) is 2.82. The molecule has 1 unspecified atom stereocenters. The molecule has 0 radical (unpaired) electrons. The lowest BCUT2D eigenvalue weighted by molar-refractivity contribution is 0.198. The Hall–Kier alpha value is -0.720. The van der Waals surface area contributed by atoms with E-state index in [1.165, 1.54) is 19.3 Å². The maximum Gasteiger partial charge on any atom is 0.208 e. The topological polar surface area (TPSA) is 50.3 Å². The summed E-state index contributed by atoms with van der Waals surface area (Å²) < 4.78 is 5.05. The molecule has 1 fully saturated rings. The fourth-order valence-corrected chi connectivity index (χ4v) is 3.09. The lowest BCUT2D eigenvalue weighted by Gasteiger charge is -2.35. The molecule has 1 saturated heterocycles. The van der Waals surface area contributed by atoms with E-state index >= 15 is 0 Å². The van der Waals surface area contributed by atoms with Gasteiger partial charge in [0.05, 0.1) is 6.61 Å². The van der Waals surface area contributed by atoms with Crippen LogP contribution in [0.1, 0.15) is 24.3 Å². The van der Waals surface area contributed by atoms with Gasteiger partial charge >= 0.3 is 0 Å². The average molecular weight is 270 g/mol. The first-order chi connectivity index (χ1) is 8.81. The van der Waals surface area contributed by atoms with E-state index in [9.17, 15) is 0 Å². The maximum atomic E-state index is 5.05. The monoisotopic (exact) mass is 270 g/mol. The van der Waals surface area contributed by atoms with Gasteiger partial charge in [-0.15, -0.1) is 10.2 Å². The van der Waals surface area contributed by atoms with Gasteiger partial charge in [0.1, 0.15) is 5.01 Å². The zero-order valence-electron chi connectivity index (χ0n) is 11.2. The molecule has 2 heterocycles. The molecule has 102 valence electrons. The van der Waals surface area contributed by atoms with Crippen LogP contribution in [0.5, 0.6) is 0 Å². The Kier molecular flexibility index (Phi) is 5.34. The second-order valence-electron chi connectivity index (χ2n) is 4.64. The number of nitrogens with one attached hydrogen (secondary N) is 1. The number of anilines is 1. The van der Waals surface area contributed by atoms with Crippen molar-refractivity contribution in [3.8, 4) is 0 Å². The molecule has 1 aromatic rings. The molecule has 18 heavy (non-hydrogen) atoms. The van der Waals surface area contributed by atoms with Gasteiger partial charge in [-0.05, 0) is 26.2 Å². The summed E-state index contributed by atoms with van der Waals surface area (Å²) in [4.78, 5) is 2.41. The van der Waals surface area contributed by atoms with Crippen LogP contribution < -0.4 is 10.2 Å². The van der Waals surface area contributed by atoms with Gasteiger partial charge in [-0.2, -0.15) is 0 Å². The van der Waals surface area contributed by atoms with Crippen molar-refractivity contribution in [1.82, 2.24) is 15.5 Å².